The van der Waals surface area contributed by atoms with Crippen molar-refractivity contribution >= 4 is 11.6 Å². The van der Waals surface area contributed by atoms with Crippen molar-refractivity contribution < 1.29 is 4.79 Å². The summed E-state index contributed by atoms with van der Waals surface area (Å²) in [6.07, 6.45) is 2.19. The molecule has 3 rings (SSSR count). The average Bonchev–Trinajstić information content (AvgIpc) is 2.77. The van der Waals surface area contributed by atoms with Crippen LogP contribution in [-0.2, 0) is 13.0 Å². The molecule has 7 heteroatoms. The minimum Gasteiger partial charge on any atom is -0.378 e. The second-order valence-corrected chi connectivity index (χ2v) is 6.04. The number of anilines is 1. The largest absolute Gasteiger partial charge is 0.378 e. The lowest BCUT2D eigenvalue weighted by Crippen LogP contribution is -2.35. The van der Waals surface area contributed by atoms with E-state index in [0.717, 1.165) is 24.4 Å². The fourth-order valence-electron chi connectivity index (χ4n) is 2.84. The molecule has 2 aromatic rings. The molecule has 0 bridgehead atoms. The van der Waals surface area contributed by atoms with Gasteiger partial charge in [-0.15, -0.1) is 0 Å². The van der Waals surface area contributed by atoms with Crippen molar-refractivity contribution in [3.63, 3.8) is 0 Å². The SMILES string of the molecule is CN(C)c1cccc(C(=O)NC2CCc3n[nH]c(=O)n3CC2)c1. The van der Waals surface area contributed by atoms with Crippen LogP contribution >= 0.6 is 0 Å². The molecule has 1 aliphatic heterocycles. The molecule has 1 amide bonds. The summed E-state index contributed by atoms with van der Waals surface area (Å²) in [5, 5.41) is 9.57. The van der Waals surface area contributed by atoms with E-state index in [1.54, 1.807) is 4.57 Å². The molecule has 1 aliphatic rings. The van der Waals surface area contributed by atoms with Crippen LogP contribution < -0.4 is 15.9 Å². The van der Waals surface area contributed by atoms with E-state index in [2.05, 4.69) is 15.5 Å². The Labute approximate surface area is 134 Å². The first-order chi connectivity index (χ1) is 11.0. The summed E-state index contributed by atoms with van der Waals surface area (Å²) in [5.74, 6) is 0.688. The van der Waals surface area contributed by atoms with E-state index in [1.807, 2.05) is 43.3 Å². The molecular formula is C16H21N5O2. The van der Waals surface area contributed by atoms with Crippen molar-refractivity contribution in [1.82, 2.24) is 20.1 Å². The van der Waals surface area contributed by atoms with Gasteiger partial charge in [-0.05, 0) is 31.0 Å². The fourth-order valence-corrected chi connectivity index (χ4v) is 2.84. The number of carbonyl (C=O) groups is 1. The third kappa shape index (κ3) is 3.28. The third-order valence-electron chi connectivity index (χ3n) is 4.21. The van der Waals surface area contributed by atoms with Crippen LogP contribution in [-0.4, -0.2) is 40.8 Å². The second kappa shape index (κ2) is 6.28. The van der Waals surface area contributed by atoms with Crippen molar-refractivity contribution in [3.8, 4) is 0 Å². The summed E-state index contributed by atoms with van der Waals surface area (Å²) in [6, 6.07) is 7.59. The first kappa shape index (κ1) is 15.3. The van der Waals surface area contributed by atoms with E-state index in [0.29, 0.717) is 18.5 Å². The maximum Gasteiger partial charge on any atom is 0.343 e. The van der Waals surface area contributed by atoms with Crippen LogP contribution in [0.5, 0.6) is 0 Å². The zero-order chi connectivity index (χ0) is 16.4. The Morgan fingerprint density at radius 3 is 3.00 bits per heavy atom. The summed E-state index contributed by atoms with van der Waals surface area (Å²) in [5.41, 5.74) is 1.46. The molecule has 0 radical (unpaired) electrons. The van der Waals surface area contributed by atoms with Gasteiger partial charge in [0.15, 0.2) is 0 Å². The predicted molar refractivity (Wildman–Crippen MR) is 87.8 cm³/mol. The number of hydrogen-bond donors (Lipinski definition) is 2. The molecule has 1 aromatic heterocycles. The second-order valence-electron chi connectivity index (χ2n) is 6.04. The average molecular weight is 315 g/mol. The van der Waals surface area contributed by atoms with Gasteiger partial charge in [0.1, 0.15) is 5.82 Å². The molecule has 0 spiro atoms. The Kier molecular flexibility index (Phi) is 4.18. The highest BCUT2D eigenvalue weighted by Crippen LogP contribution is 2.15. The van der Waals surface area contributed by atoms with Gasteiger partial charge in [0.2, 0.25) is 0 Å². The topological polar surface area (TPSA) is 83.0 Å². The van der Waals surface area contributed by atoms with Crippen molar-refractivity contribution in [3.05, 3.63) is 46.1 Å². The quantitative estimate of drug-likeness (QED) is 0.876. The predicted octanol–water partition coefficient (Wildman–Crippen LogP) is 0.772. The van der Waals surface area contributed by atoms with Crippen LogP contribution in [0.15, 0.2) is 29.1 Å². The highest BCUT2D eigenvalue weighted by Gasteiger charge is 2.20. The number of hydrogen-bond acceptors (Lipinski definition) is 4. The number of amides is 1. The molecule has 23 heavy (non-hydrogen) atoms. The first-order valence-corrected chi connectivity index (χ1v) is 7.77. The number of nitrogens with zero attached hydrogens (tertiary/aromatic N) is 3. The lowest BCUT2D eigenvalue weighted by molar-refractivity contribution is 0.0933. The monoisotopic (exact) mass is 315 g/mol. The van der Waals surface area contributed by atoms with Gasteiger partial charge in [0.05, 0.1) is 0 Å². The maximum absolute atomic E-state index is 12.5. The Bertz CT molecular complexity index is 762. The van der Waals surface area contributed by atoms with Crippen molar-refractivity contribution in [2.45, 2.75) is 31.8 Å². The fraction of sp³-hybridized carbons (Fsp3) is 0.438. The first-order valence-electron chi connectivity index (χ1n) is 7.77. The van der Waals surface area contributed by atoms with E-state index in [1.165, 1.54) is 0 Å². The highest BCUT2D eigenvalue weighted by atomic mass is 16.2. The molecule has 122 valence electrons. The van der Waals surface area contributed by atoms with Crippen LogP contribution in [0.1, 0.15) is 29.0 Å². The van der Waals surface area contributed by atoms with Gasteiger partial charge in [0.25, 0.3) is 5.91 Å². The Hall–Kier alpha value is -2.57. The van der Waals surface area contributed by atoms with E-state index < -0.39 is 0 Å². The van der Waals surface area contributed by atoms with E-state index in [9.17, 15) is 9.59 Å². The Morgan fingerprint density at radius 2 is 2.22 bits per heavy atom. The molecule has 2 N–H and O–H groups in total. The van der Waals surface area contributed by atoms with E-state index in [-0.39, 0.29) is 17.6 Å². The number of H-pyrrole nitrogens is 1. The molecule has 1 aromatic carbocycles. The lowest BCUT2D eigenvalue weighted by Gasteiger charge is -2.17. The Morgan fingerprint density at radius 1 is 1.39 bits per heavy atom. The summed E-state index contributed by atoms with van der Waals surface area (Å²) in [7, 11) is 3.89. The lowest BCUT2D eigenvalue weighted by atomic mass is 10.1. The van der Waals surface area contributed by atoms with Gasteiger partial charge in [-0.25, -0.2) is 9.89 Å². The molecule has 0 aliphatic carbocycles. The van der Waals surface area contributed by atoms with E-state index in [4.69, 9.17) is 0 Å². The van der Waals surface area contributed by atoms with Gasteiger partial charge in [-0.3, -0.25) is 9.36 Å². The summed E-state index contributed by atoms with van der Waals surface area (Å²) in [6.45, 7) is 0.577. The number of aromatic amines is 1. The number of carbonyl (C=O) groups excluding carboxylic acids is 1. The number of aryl methyl sites for hydroxylation is 1. The zero-order valence-corrected chi connectivity index (χ0v) is 13.4. The normalized spacial score (nSPS) is 17.2. The van der Waals surface area contributed by atoms with Crippen LogP contribution in [0, 0.1) is 0 Å². The molecular weight excluding hydrogens is 294 g/mol. The number of fused-ring (bicyclic) bond motifs is 1. The maximum atomic E-state index is 12.5. The molecule has 0 saturated heterocycles. The molecule has 1 atom stereocenters. The van der Waals surface area contributed by atoms with Gasteiger partial charge in [-0.2, -0.15) is 5.10 Å². The number of nitrogens with one attached hydrogen (secondary N) is 2. The Balaban J connectivity index is 1.67. The smallest absolute Gasteiger partial charge is 0.343 e. The minimum absolute atomic E-state index is 0.0478. The van der Waals surface area contributed by atoms with E-state index >= 15 is 0 Å². The van der Waals surface area contributed by atoms with Crippen LogP contribution in [0.2, 0.25) is 0 Å². The van der Waals surface area contributed by atoms with Gasteiger partial charge >= 0.3 is 5.69 Å². The highest BCUT2D eigenvalue weighted by molar-refractivity contribution is 5.95. The minimum atomic E-state index is -0.175. The molecule has 0 saturated carbocycles. The molecule has 0 fully saturated rings. The van der Waals surface area contributed by atoms with Crippen molar-refractivity contribution in [1.29, 1.82) is 0 Å². The summed E-state index contributed by atoms with van der Waals surface area (Å²) >= 11 is 0. The molecule has 7 nitrogen and oxygen atoms in total. The summed E-state index contributed by atoms with van der Waals surface area (Å²) < 4.78 is 1.65. The van der Waals surface area contributed by atoms with Gasteiger partial charge in [-0.1, -0.05) is 6.07 Å². The summed E-state index contributed by atoms with van der Waals surface area (Å²) in [4.78, 5) is 26.0. The number of rotatable bonds is 3. The van der Waals surface area contributed by atoms with Crippen molar-refractivity contribution in [2.75, 3.05) is 19.0 Å². The van der Waals surface area contributed by atoms with Crippen LogP contribution in [0.25, 0.3) is 0 Å². The standard InChI is InChI=1S/C16H21N5O2/c1-20(2)13-5-3-4-11(10-13)15(22)17-12-6-7-14-18-19-16(23)21(14)9-8-12/h3-5,10,12H,6-9H2,1-2H3,(H,17,22)(H,19,23). The number of benzene rings is 1. The zero-order valence-electron chi connectivity index (χ0n) is 13.4. The molecule has 2 heterocycles. The molecule has 1 unspecified atom stereocenters. The van der Waals surface area contributed by atoms with Crippen molar-refractivity contribution in [2.24, 2.45) is 0 Å². The third-order valence-corrected chi connectivity index (χ3v) is 4.21. The van der Waals surface area contributed by atoms with Crippen LogP contribution in [0.3, 0.4) is 0 Å². The number of aromatic nitrogens is 3. The van der Waals surface area contributed by atoms with Gasteiger partial charge < -0.3 is 10.2 Å². The van der Waals surface area contributed by atoms with Crippen LogP contribution in [0.4, 0.5) is 5.69 Å². The van der Waals surface area contributed by atoms with Gasteiger partial charge in [0, 0.05) is 44.4 Å².